The van der Waals surface area contributed by atoms with E-state index >= 15 is 0 Å². The van der Waals surface area contributed by atoms with Crippen molar-refractivity contribution in [3.05, 3.63) is 35.4 Å². The molecule has 3 unspecified atom stereocenters. The molecular formula is C17H26N2O. The molecule has 3 nitrogen and oxygen atoms in total. The Bertz CT molecular complexity index is 455. The molecule has 1 aliphatic heterocycles. The van der Waals surface area contributed by atoms with E-state index in [1.54, 1.807) is 0 Å². The standard InChI is InChI=1S/C17H26N2O/c1-4-12(3)19-16(20)11-10-15(18)17(19)14-8-6-13(5-2)7-9-14/h6-9,12,15,17H,4-5,10-11,18H2,1-3H3. The summed E-state index contributed by atoms with van der Waals surface area (Å²) in [6, 6.07) is 8.87. The van der Waals surface area contributed by atoms with E-state index in [1.807, 2.05) is 4.90 Å². The molecule has 1 aliphatic rings. The van der Waals surface area contributed by atoms with Gasteiger partial charge in [0.15, 0.2) is 0 Å². The summed E-state index contributed by atoms with van der Waals surface area (Å²) >= 11 is 0. The third-order valence-corrected chi connectivity index (χ3v) is 4.48. The first-order valence-corrected chi connectivity index (χ1v) is 7.74. The third kappa shape index (κ3) is 2.88. The molecule has 1 saturated heterocycles. The van der Waals surface area contributed by atoms with Gasteiger partial charge < -0.3 is 10.6 Å². The Kier molecular flexibility index (Phi) is 4.81. The van der Waals surface area contributed by atoms with Gasteiger partial charge in [-0.05, 0) is 37.3 Å². The average molecular weight is 274 g/mol. The number of likely N-dealkylation sites (tertiary alicyclic amines) is 1. The number of hydrogen-bond acceptors (Lipinski definition) is 2. The summed E-state index contributed by atoms with van der Waals surface area (Å²) in [6.45, 7) is 6.38. The average Bonchev–Trinajstić information content (AvgIpc) is 2.48. The van der Waals surface area contributed by atoms with Gasteiger partial charge in [-0.15, -0.1) is 0 Å². The van der Waals surface area contributed by atoms with Gasteiger partial charge in [-0.1, -0.05) is 38.1 Å². The smallest absolute Gasteiger partial charge is 0.223 e. The molecule has 2 rings (SSSR count). The molecule has 1 aromatic carbocycles. The lowest BCUT2D eigenvalue weighted by Crippen LogP contribution is -2.52. The molecule has 3 heteroatoms. The van der Waals surface area contributed by atoms with E-state index in [1.165, 1.54) is 11.1 Å². The van der Waals surface area contributed by atoms with Crippen LogP contribution >= 0.6 is 0 Å². The molecule has 0 spiro atoms. The summed E-state index contributed by atoms with van der Waals surface area (Å²) in [4.78, 5) is 14.3. The summed E-state index contributed by atoms with van der Waals surface area (Å²) in [5, 5.41) is 0. The maximum absolute atomic E-state index is 12.3. The van der Waals surface area contributed by atoms with E-state index in [0.717, 1.165) is 19.3 Å². The summed E-state index contributed by atoms with van der Waals surface area (Å²) in [6.07, 6.45) is 3.36. The highest BCUT2D eigenvalue weighted by molar-refractivity contribution is 5.78. The normalized spacial score (nSPS) is 24.8. The molecule has 20 heavy (non-hydrogen) atoms. The number of benzene rings is 1. The number of nitrogens with two attached hydrogens (primary N) is 1. The molecule has 0 saturated carbocycles. The van der Waals surface area contributed by atoms with E-state index < -0.39 is 0 Å². The van der Waals surface area contributed by atoms with Crippen LogP contribution in [0.3, 0.4) is 0 Å². The molecule has 3 atom stereocenters. The fourth-order valence-electron chi connectivity index (χ4n) is 3.01. The van der Waals surface area contributed by atoms with Crippen LogP contribution in [0.5, 0.6) is 0 Å². The van der Waals surface area contributed by atoms with Crippen molar-refractivity contribution in [2.45, 2.75) is 64.6 Å². The van der Waals surface area contributed by atoms with Crippen LogP contribution in [-0.2, 0) is 11.2 Å². The zero-order valence-corrected chi connectivity index (χ0v) is 12.8. The lowest BCUT2D eigenvalue weighted by atomic mass is 9.88. The van der Waals surface area contributed by atoms with Crippen molar-refractivity contribution >= 4 is 5.91 Å². The van der Waals surface area contributed by atoms with Gasteiger partial charge in [-0.3, -0.25) is 4.79 Å². The van der Waals surface area contributed by atoms with Crippen molar-refractivity contribution in [1.82, 2.24) is 4.90 Å². The van der Waals surface area contributed by atoms with Gasteiger partial charge in [0.05, 0.1) is 6.04 Å². The second-order valence-corrected chi connectivity index (χ2v) is 5.80. The molecule has 2 N–H and O–H groups in total. The first kappa shape index (κ1) is 15.0. The van der Waals surface area contributed by atoms with Crippen molar-refractivity contribution in [1.29, 1.82) is 0 Å². The summed E-state index contributed by atoms with van der Waals surface area (Å²) in [7, 11) is 0. The first-order valence-electron chi connectivity index (χ1n) is 7.74. The highest BCUT2D eigenvalue weighted by Crippen LogP contribution is 2.33. The van der Waals surface area contributed by atoms with E-state index in [0.29, 0.717) is 6.42 Å². The molecular weight excluding hydrogens is 248 g/mol. The van der Waals surface area contributed by atoms with Crippen molar-refractivity contribution in [3.8, 4) is 0 Å². The van der Waals surface area contributed by atoms with Crippen molar-refractivity contribution < 1.29 is 4.79 Å². The largest absolute Gasteiger partial charge is 0.331 e. The van der Waals surface area contributed by atoms with Gasteiger partial charge in [0.2, 0.25) is 5.91 Å². The van der Waals surface area contributed by atoms with Crippen molar-refractivity contribution in [2.24, 2.45) is 5.73 Å². The lowest BCUT2D eigenvalue weighted by Gasteiger charge is -2.43. The minimum absolute atomic E-state index is 0.0251. The number of hydrogen-bond donors (Lipinski definition) is 1. The highest BCUT2D eigenvalue weighted by Gasteiger charge is 2.36. The molecule has 0 aromatic heterocycles. The van der Waals surface area contributed by atoms with Crippen LogP contribution in [0.4, 0.5) is 0 Å². The van der Waals surface area contributed by atoms with Crippen LogP contribution in [-0.4, -0.2) is 22.9 Å². The minimum atomic E-state index is 0.0251. The van der Waals surface area contributed by atoms with E-state index in [4.69, 9.17) is 5.73 Å². The Hall–Kier alpha value is -1.35. The molecule has 1 heterocycles. The first-order chi connectivity index (χ1) is 9.58. The van der Waals surface area contributed by atoms with Crippen molar-refractivity contribution in [2.75, 3.05) is 0 Å². The number of carbonyl (C=O) groups is 1. The van der Waals surface area contributed by atoms with Gasteiger partial charge in [-0.25, -0.2) is 0 Å². The highest BCUT2D eigenvalue weighted by atomic mass is 16.2. The number of piperidine rings is 1. The second kappa shape index (κ2) is 6.40. The second-order valence-electron chi connectivity index (χ2n) is 5.80. The number of aryl methyl sites for hydroxylation is 1. The summed E-state index contributed by atoms with van der Waals surface area (Å²) in [5.74, 6) is 0.241. The predicted octanol–water partition coefficient (Wildman–Crippen LogP) is 3.04. The summed E-state index contributed by atoms with van der Waals surface area (Å²) < 4.78 is 0. The Balaban J connectivity index is 2.33. The van der Waals surface area contributed by atoms with Crippen LogP contribution in [0.2, 0.25) is 0 Å². The van der Waals surface area contributed by atoms with Crippen molar-refractivity contribution in [3.63, 3.8) is 0 Å². The fraction of sp³-hybridized carbons (Fsp3) is 0.588. The Morgan fingerprint density at radius 2 is 1.95 bits per heavy atom. The Labute approximate surface area is 122 Å². The third-order valence-electron chi connectivity index (χ3n) is 4.48. The van der Waals surface area contributed by atoms with Gasteiger partial charge in [0.25, 0.3) is 0 Å². The Morgan fingerprint density at radius 1 is 1.30 bits per heavy atom. The molecule has 1 amide bonds. The quantitative estimate of drug-likeness (QED) is 0.917. The molecule has 110 valence electrons. The maximum Gasteiger partial charge on any atom is 0.223 e. The zero-order chi connectivity index (χ0) is 14.7. The minimum Gasteiger partial charge on any atom is -0.331 e. The topological polar surface area (TPSA) is 46.3 Å². The number of nitrogens with zero attached hydrogens (tertiary/aromatic N) is 1. The van der Waals surface area contributed by atoms with Crippen LogP contribution in [0.15, 0.2) is 24.3 Å². The van der Waals surface area contributed by atoms with Crippen LogP contribution in [0.1, 0.15) is 57.2 Å². The molecule has 0 bridgehead atoms. The lowest BCUT2D eigenvalue weighted by molar-refractivity contribution is -0.140. The molecule has 1 aromatic rings. The molecule has 0 radical (unpaired) electrons. The number of amides is 1. The number of carbonyl (C=O) groups excluding carboxylic acids is 1. The summed E-state index contributed by atoms with van der Waals surface area (Å²) in [5.41, 5.74) is 8.82. The molecule has 1 fully saturated rings. The van der Waals surface area contributed by atoms with E-state index in [-0.39, 0.29) is 24.0 Å². The maximum atomic E-state index is 12.3. The van der Waals surface area contributed by atoms with Gasteiger partial charge in [-0.2, -0.15) is 0 Å². The predicted molar refractivity (Wildman–Crippen MR) is 82.4 cm³/mol. The van der Waals surface area contributed by atoms with Crippen LogP contribution in [0.25, 0.3) is 0 Å². The van der Waals surface area contributed by atoms with Gasteiger partial charge in [0.1, 0.15) is 0 Å². The van der Waals surface area contributed by atoms with Crippen LogP contribution < -0.4 is 5.73 Å². The van der Waals surface area contributed by atoms with E-state index in [2.05, 4.69) is 45.0 Å². The van der Waals surface area contributed by atoms with Crippen LogP contribution in [0, 0.1) is 0 Å². The SMILES string of the molecule is CCc1ccc(C2C(N)CCC(=O)N2C(C)CC)cc1. The van der Waals surface area contributed by atoms with E-state index in [9.17, 15) is 4.79 Å². The Morgan fingerprint density at radius 3 is 2.50 bits per heavy atom. The fourth-order valence-corrected chi connectivity index (χ4v) is 3.01. The van der Waals surface area contributed by atoms with Gasteiger partial charge in [0, 0.05) is 18.5 Å². The van der Waals surface area contributed by atoms with Gasteiger partial charge >= 0.3 is 0 Å². The monoisotopic (exact) mass is 274 g/mol. The molecule has 0 aliphatic carbocycles. The zero-order valence-electron chi connectivity index (χ0n) is 12.8. The number of rotatable bonds is 4.